The van der Waals surface area contributed by atoms with Gasteiger partial charge < -0.3 is 10.3 Å². The number of imidazole rings is 1. The van der Waals surface area contributed by atoms with Gasteiger partial charge >= 0.3 is 0 Å². The fraction of sp³-hybridized carbons (Fsp3) is 0.500. The van der Waals surface area contributed by atoms with Gasteiger partial charge in [-0.15, -0.1) is 11.6 Å². The second kappa shape index (κ2) is 4.87. The highest BCUT2D eigenvalue weighted by Crippen LogP contribution is 1.94. The molecular formula is C8H12ClN3O. The first kappa shape index (κ1) is 10.1. The van der Waals surface area contributed by atoms with Gasteiger partial charge in [0.1, 0.15) is 5.38 Å². The van der Waals surface area contributed by atoms with Crippen molar-refractivity contribution in [2.75, 3.05) is 6.54 Å². The van der Waals surface area contributed by atoms with Crippen molar-refractivity contribution >= 4 is 17.5 Å². The molecule has 72 valence electrons. The molecule has 0 saturated carbocycles. The van der Waals surface area contributed by atoms with E-state index < -0.39 is 5.38 Å². The number of hydrogen-bond donors (Lipinski definition) is 2. The molecular weight excluding hydrogens is 190 g/mol. The van der Waals surface area contributed by atoms with Gasteiger partial charge in [-0.25, -0.2) is 4.98 Å². The van der Waals surface area contributed by atoms with Crippen LogP contribution in [-0.4, -0.2) is 27.8 Å². The second-order valence-corrected chi connectivity index (χ2v) is 3.39. The van der Waals surface area contributed by atoms with Gasteiger partial charge in [-0.1, -0.05) is 0 Å². The summed E-state index contributed by atoms with van der Waals surface area (Å²) in [6.45, 7) is 2.23. The SMILES string of the molecule is CC(Cl)C(=O)NCCc1cnc[nH]1. The summed E-state index contributed by atoms with van der Waals surface area (Å²) in [5.74, 6) is -0.138. The molecule has 13 heavy (non-hydrogen) atoms. The number of rotatable bonds is 4. The van der Waals surface area contributed by atoms with E-state index in [4.69, 9.17) is 11.6 Å². The number of alkyl halides is 1. The van der Waals surface area contributed by atoms with E-state index in [-0.39, 0.29) is 5.91 Å². The van der Waals surface area contributed by atoms with E-state index in [1.807, 2.05) is 0 Å². The summed E-state index contributed by atoms with van der Waals surface area (Å²) in [7, 11) is 0. The number of carbonyl (C=O) groups excluding carboxylic acids is 1. The zero-order valence-electron chi connectivity index (χ0n) is 7.38. The van der Waals surface area contributed by atoms with Crippen LogP contribution in [0, 0.1) is 0 Å². The van der Waals surface area contributed by atoms with E-state index >= 15 is 0 Å². The molecule has 0 aromatic carbocycles. The minimum absolute atomic E-state index is 0.138. The van der Waals surface area contributed by atoms with Crippen LogP contribution in [0.1, 0.15) is 12.6 Å². The van der Waals surface area contributed by atoms with Crippen molar-refractivity contribution in [3.63, 3.8) is 0 Å². The van der Waals surface area contributed by atoms with Crippen molar-refractivity contribution in [3.05, 3.63) is 18.2 Å². The highest BCUT2D eigenvalue weighted by atomic mass is 35.5. The minimum atomic E-state index is -0.471. The van der Waals surface area contributed by atoms with Crippen LogP contribution in [0.25, 0.3) is 0 Å². The van der Waals surface area contributed by atoms with Gasteiger partial charge in [0.25, 0.3) is 0 Å². The number of aromatic amines is 1. The molecule has 0 bridgehead atoms. The van der Waals surface area contributed by atoms with Crippen molar-refractivity contribution in [1.82, 2.24) is 15.3 Å². The Labute approximate surface area is 81.7 Å². The molecule has 0 aliphatic carbocycles. The molecule has 5 heteroatoms. The summed E-state index contributed by atoms with van der Waals surface area (Å²) in [5.41, 5.74) is 1.00. The lowest BCUT2D eigenvalue weighted by Crippen LogP contribution is -2.31. The molecule has 0 saturated heterocycles. The first-order chi connectivity index (χ1) is 6.20. The maximum Gasteiger partial charge on any atom is 0.237 e. The summed E-state index contributed by atoms with van der Waals surface area (Å²) in [6, 6.07) is 0. The maximum absolute atomic E-state index is 11.0. The highest BCUT2D eigenvalue weighted by Gasteiger charge is 2.07. The van der Waals surface area contributed by atoms with Crippen LogP contribution in [-0.2, 0) is 11.2 Å². The number of halogens is 1. The van der Waals surface area contributed by atoms with Crippen LogP contribution >= 0.6 is 11.6 Å². The Balaban J connectivity index is 2.18. The van der Waals surface area contributed by atoms with E-state index in [0.717, 1.165) is 12.1 Å². The lowest BCUT2D eigenvalue weighted by Gasteiger charge is -2.04. The van der Waals surface area contributed by atoms with Gasteiger partial charge in [-0.3, -0.25) is 4.79 Å². The number of nitrogens with one attached hydrogen (secondary N) is 2. The Morgan fingerprint density at radius 3 is 3.15 bits per heavy atom. The number of amides is 1. The number of carbonyl (C=O) groups is 1. The fourth-order valence-corrected chi connectivity index (χ4v) is 0.960. The summed E-state index contributed by atoms with van der Waals surface area (Å²) in [5, 5.41) is 2.23. The van der Waals surface area contributed by atoms with Crippen LogP contribution in [0.15, 0.2) is 12.5 Å². The molecule has 0 aliphatic rings. The first-order valence-corrected chi connectivity index (χ1v) is 4.53. The summed E-state index contributed by atoms with van der Waals surface area (Å²) >= 11 is 5.56. The Morgan fingerprint density at radius 2 is 2.62 bits per heavy atom. The third kappa shape index (κ3) is 3.46. The third-order valence-electron chi connectivity index (χ3n) is 1.61. The number of hydrogen-bond acceptors (Lipinski definition) is 2. The predicted molar refractivity (Wildman–Crippen MR) is 50.6 cm³/mol. The average Bonchev–Trinajstić information content (AvgIpc) is 2.56. The molecule has 1 amide bonds. The molecule has 0 fully saturated rings. The minimum Gasteiger partial charge on any atom is -0.354 e. The Bertz CT molecular complexity index is 258. The van der Waals surface area contributed by atoms with Crippen LogP contribution in [0.2, 0.25) is 0 Å². The second-order valence-electron chi connectivity index (χ2n) is 2.73. The smallest absolute Gasteiger partial charge is 0.237 e. The van der Waals surface area contributed by atoms with Crippen LogP contribution in [0.4, 0.5) is 0 Å². The van der Waals surface area contributed by atoms with Crippen molar-refractivity contribution in [1.29, 1.82) is 0 Å². The van der Waals surface area contributed by atoms with E-state index in [0.29, 0.717) is 6.54 Å². The Hall–Kier alpha value is -1.03. The standard InChI is InChI=1S/C8H12ClN3O/c1-6(9)8(13)11-3-2-7-4-10-5-12-7/h4-6H,2-3H2,1H3,(H,10,12)(H,11,13). The maximum atomic E-state index is 11.0. The largest absolute Gasteiger partial charge is 0.354 e. The van der Waals surface area contributed by atoms with E-state index in [1.54, 1.807) is 19.4 Å². The molecule has 1 atom stereocenters. The molecule has 4 nitrogen and oxygen atoms in total. The molecule has 1 unspecified atom stereocenters. The van der Waals surface area contributed by atoms with Crippen molar-refractivity contribution in [2.45, 2.75) is 18.7 Å². The van der Waals surface area contributed by atoms with Gasteiger partial charge in [-0.2, -0.15) is 0 Å². The van der Waals surface area contributed by atoms with Crippen LogP contribution < -0.4 is 5.32 Å². The van der Waals surface area contributed by atoms with Crippen LogP contribution in [0.5, 0.6) is 0 Å². The number of H-pyrrole nitrogens is 1. The predicted octanol–water partition coefficient (Wildman–Crippen LogP) is 0.696. The number of aromatic nitrogens is 2. The van der Waals surface area contributed by atoms with E-state index in [2.05, 4.69) is 15.3 Å². The quantitative estimate of drug-likeness (QED) is 0.705. The lowest BCUT2D eigenvalue weighted by molar-refractivity contribution is -0.120. The fourth-order valence-electron chi connectivity index (χ4n) is 0.882. The molecule has 0 aliphatic heterocycles. The van der Waals surface area contributed by atoms with Gasteiger partial charge in [0.2, 0.25) is 5.91 Å². The molecule has 1 rings (SSSR count). The molecule has 0 spiro atoms. The first-order valence-electron chi connectivity index (χ1n) is 4.09. The zero-order chi connectivity index (χ0) is 9.68. The van der Waals surface area contributed by atoms with Crippen molar-refractivity contribution < 1.29 is 4.79 Å². The molecule has 0 radical (unpaired) electrons. The lowest BCUT2D eigenvalue weighted by atomic mass is 10.3. The summed E-state index contributed by atoms with van der Waals surface area (Å²) in [4.78, 5) is 17.8. The zero-order valence-corrected chi connectivity index (χ0v) is 8.14. The molecule has 1 aromatic heterocycles. The molecule has 2 N–H and O–H groups in total. The normalized spacial score (nSPS) is 12.5. The molecule has 1 heterocycles. The Kier molecular flexibility index (Phi) is 3.76. The monoisotopic (exact) mass is 201 g/mol. The average molecular weight is 202 g/mol. The van der Waals surface area contributed by atoms with Crippen molar-refractivity contribution in [3.8, 4) is 0 Å². The van der Waals surface area contributed by atoms with Gasteiger partial charge in [0.05, 0.1) is 6.33 Å². The summed E-state index contributed by atoms with van der Waals surface area (Å²) in [6.07, 6.45) is 4.09. The highest BCUT2D eigenvalue weighted by molar-refractivity contribution is 6.30. The van der Waals surface area contributed by atoms with E-state index in [1.165, 1.54) is 0 Å². The van der Waals surface area contributed by atoms with Gasteiger partial charge in [-0.05, 0) is 6.92 Å². The van der Waals surface area contributed by atoms with Gasteiger partial charge in [0.15, 0.2) is 0 Å². The van der Waals surface area contributed by atoms with Crippen molar-refractivity contribution in [2.24, 2.45) is 0 Å². The summed E-state index contributed by atoms with van der Waals surface area (Å²) < 4.78 is 0. The third-order valence-corrected chi connectivity index (χ3v) is 1.81. The molecule has 1 aromatic rings. The number of nitrogens with zero attached hydrogens (tertiary/aromatic N) is 1. The van der Waals surface area contributed by atoms with E-state index in [9.17, 15) is 4.79 Å². The van der Waals surface area contributed by atoms with Gasteiger partial charge in [0, 0.05) is 24.9 Å². The Morgan fingerprint density at radius 1 is 1.85 bits per heavy atom. The topological polar surface area (TPSA) is 57.8 Å². The van der Waals surface area contributed by atoms with Crippen LogP contribution in [0.3, 0.4) is 0 Å².